The molecule has 118 valence electrons. The third-order valence-electron chi connectivity index (χ3n) is 3.53. The average Bonchev–Trinajstić information content (AvgIpc) is 2.75. The van der Waals surface area contributed by atoms with E-state index in [1.165, 1.54) is 6.07 Å². The van der Waals surface area contributed by atoms with Crippen molar-refractivity contribution in [3.05, 3.63) is 57.7 Å². The number of carbonyl (C=O) groups is 1. The van der Waals surface area contributed by atoms with Crippen LogP contribution in [0.5, 0.6) is 0 Å². The minimum absolute atomic E-state index is 0.265. The Morgan fingerprint density at radius 1 is 0.913 bits per heavy atom. The van der Waals surface area contributed by atoms with Gasteiger partial charge >= 0.3 is 6.03 Å². The summed E-state index contributed by atoms with van der Waals surface area (Å²) in [7, 11) is -3.73. The van der Waals surface area contributed by atoms with Crippen LogP contribution >= 0.6 is 0 Å². The van der Waals surface area contributed by atoms with Crippen LogP contribution in [-0.2, 0) is 10.0 Å². The lowest BCUT2D eigenvalue weighted by molar-refractivity contribution is 0.256. The Hall–Kier alpha value is -2.54. The van der Waals surface area contributed by atoms with E-state index >= 15 is 0 Å². The number of amides is 2. The highest BCUT2D eigenvalue weighted by molar-refractivity contribution is 7.92. The molecule has 0 saturated heterocycles. The summed E-state index contributed by atoms with van der Waals surface area (Å²) in [5.74, 6) is 0. The van der Waals surface area contributed by atoms with E-state index in [1.807, 2.05) is 19.1 Å². The molecule has 2 aromatic carbocycles. The number of hydrogen-bond donors (Lipinski definition) is 1. The van der Waals surface area contributed by atoms with Crippen LogP contribution in [-0.4, -0.2) is 14.4 Å². The van der Waals surface area contributed by atoms with E-state index in [0.29, 0.717) is 27.5 Å². The molecule has 0 unspecified atom stereocenters. The first-order valence-electron chi connectivity index (χ1n) is 6.98. The van der Waals surface area contributed by atoms with Crippen molar-refractivity contribution in [2.75, 3.05) is 4.72 Å². The van der Waals surface area contributed by atoms with Crippen LogP contribution in [0.4, 0.5) is 10.5 Å². The predicted octanol–water partition coefficient (Wildman–Crippen LogP) is 1.79. The van der Waals surface area contributed by atoms with Crippen LogP contribution in [0.25, 0.3) is 0 Å². The molecule has 1 N–H and O–H groups in total. The molecule has 6 nitrogen and oxygen atoms in total. The number of fused-ring (bicyclic) bond motifs is 1. The SMILES string of the molecule is Cc1cc(C)c(S(=O)(=O)Nc2ccc3c(c2)=NC(=O)N=3)c(C)c1. The van der Waals surface area contributed by atoms with Gasteiger partial charge in [-0.3, -0.25) is 4.72 Å². The van der Waals surface area contributed by atoms with Gasteiger partial charge in [-0.15, -0.1) is 0 Å². The fourth-order valence-electron chi connectivity index (χ4n) is 2.80. The Morgan fingerprint density at radius 2 is 1.52 bits per heavy atom. The molecule has 1 aliphatic heterocycles. The Labute approximate surface area is 133 Å². The molecule has 2 amide bonds. The third-order valence-corrected chi connectivity index (χ3v) is 5.22. The molecule has 0 fully saturated rings. The van der Waals surface area contributed by atoms with Gasteiger partial charge in [0.25, 0.3) is 10.0 Å². The summed E-state index contributed by atoms with van der Waals surface area (Å²) in [5, 5.41) is 0.813. The van der Waals surface area contributed by atoms with Gasteiger partial charge in [0.2, 0.25) is 0 Å². The number of nitrogens with zero attached hydrogens (tertiary/aromatic N) is 2. The minimum atomic E-state index is -3.73. The zero-order valence-electron chi connectivity index (χ0n) is 12.9. The molecule has 1 heterocycles. The van der Waals surface area contributed by atoms with Crippen molar-refractivity contribution < 1.29 is 13.2 Å². The van der Waals surface area contributed by atoms with Crippen LogP contribution in [0, 0.1) is 20.8 Å². The average molecular weight is 329 g/mol. The number of rotatable bonds is 3. The monoisotopic (exact) mass is 329 g/mol. The molecule has 0 aliphatic carbocycles. The van der Waals surface area contributed by atoms with Gasteiger partial charge in [0.1, 0.15) is 0 Å². The van der Waals surface area contributed by atoms with Crippen molar-refractivity contribution in [2.24, 2.45) is 9.98 Å². The first-order valence-corrected chi connectivity index (χ1v) is 8.47. The Morgan fingerprint density at radius 3 is 2.17 bits per heavy atom. The largest absolute Gasteiger partial charge is 0.368 e. The number of hydrogen-bond acceptors (Lipinski definition) is 3. The summed E-state index contributed by atoms with van der Waals surface area (Å²) >= 11 is 0. The maximum absolute atomic E-state index is 12.7. The number of carbonyl (C=O) groups excluding carboxylic acids is 1. The highest BCUT2D eigenvalue weighted by Crippen LogP contribution is 2.23. The van der Waals surface area contributed by atoms with E-state index in [2.05, 4.69) is 14.7 Å². The minimum Gasteiger partial charge on any atom is -0.280 e. The second kappa shape index (κ2) is 5.27. The summed E-state index contributed by atoms with van der Waals surface area (Å²) in [6.45, 7) is 5.46. The van der Waals surface area contributed by atoms with Gasteiger partial charge in [-0.05, 0) is 50.1 Å². The number of anilines is 1. The number of sulfonamides is 1. The summed E-state index contributed by atoms with van der Waals surface area (Å²) < 4.78 is 27.9. The first kappa shape index (κ1) is 15.4. The lowest BCUT2D eigenvalue weighted by Crippen LogP contribution is -2.23. The smallest absolute Gasteiger partial charge is 0.280 e. The number of aryl methyl sites for hydroxylation is 3. The number of nitrogens with one attached hydrogen (secondary N) is 1. The quantitative estimate of drug-likeness (QED) is 0.931. The highest BCUT2D eigenvalue weighted by atomic mass is 32.2. The van der Waals surface area contributed by atoms with Gasteiger partial charge in [-0.1, -0.05) is 17.7 Å². The van der Waals surface area contributed by atoms with E-state index in [0.717, 1.165) is 5.56 Å². The molecule has 7 heteroatoms. The zero-order chi connectivity index (χ0) is 16.8. The number of benzene rings is 2. The van der Waals surface area contributed by atoms with E-state index < -0.39 is 16.1 Å². The Balaban J connectivity index is 2.04. The van der Waals surface area contributed by atoms with Crippen LogP contribution in [0.3, 0.4) is 0 Å². The molecule has 2 aromatic rings. The van der Waals surface area contributed by atoms with E-state index in [-0.39, 0.29) is 4.90 Å². The van der Waals surface area contributed by atoms with Gasteiger partial charge in [0.05, 0.1) is 21.3 Å². The summed E-state index contributed by atoms with van der Waals surface area (Å²) in [6, 6.07) is 7.71. The maximum atomic E-state index is 12.7. The van der Waals surface area contributed by atoms with E-state index in [9.17, 15) is 13.2 Å². The zero-order valence-corrected chi connectivity index (χ0v) is 13.7. The fourth-order valence-corrected chi connectivity index (χ4v) is 4.30. The van der Waals surface area contributed by atoms with Crippen LogP contribution in [0.1, 0.15) is 16.7 Å². The molecule has 0 aromatic heterocycles. The van der Waals surface area contributed by atoms with Gasteiger partial charge in [-0.2, -0.15) is 9.98 Å². The summed E-state index contributed by atoms with van der Waals surface area (Å²) in [6.07, 6.45) is 0. The molecular weight excluding hydrogens is 314 g/mol. The first-order chi connectivity index (χ1) is 10.8. The molecule has 0 spiro atoms. The van der Waals surface area contributed by atoms with Crippen molar-refractivity contribution in [3.63, 3.8) is 0 Å². The predicted molar refractivity (Wildman–Crippen MR) is 85.6 cm³/mol. The lowest BCUT2D eigenvalue weighted by atomic mass is 10.1. The van der Waals surface area contributed by atoms with Gasteiger partial charge in [0.15, 0.2) is 0 Å². The van der Waals surface area contributed by atoms with Crippen LogP contribution < -0.4 is 15.4 Å². The van der Waals surface area contributed by atoms with Crippen molar-refractivity contribution in [1.82, 2.24) is 0 Å². The second-order valence-corrected chi connectivity index (χ2v) is 7.16. The second-order valence-electron chi connectivity index (χ2n) is 5.54. The molecular formula is C16H15N3O3S. The normalized spacial score (nSPS) is 13.3. The molecule has 0 atom stereocenters. The fraction of sp³-hybridized carbons (Fsp3) is 0.188. The Kier molecular flexibility index (Phi) is 3.52. The summed E-state index contributed by atoms with van der Waals surface area (Å²) in [4.78, 5) is 18.9. The Bertz CT molecular complexity index is 1030. The molecule has 3 rings (SSSR count). The topological polar surface area (TPSA) is 88.0 Å². The van der Waals surface area contributed by atoms with Crippen molar-refractivity contribution in [3.8, 4) is 0 Å². The molecule has 0 saturated carbocycles. The van der Waals surface area contributed by atoms with Crippen LogP contribution in [0.15, 0.2) is 45.2 Å². The van der Waals surface area contributed by atoms with E-state index in [1.54, 1.807) is 26.0 Å². The molecule has 23 heavy (non-hydrogen) atoms. The van der Waals surface area contributed by atoms with Gasteiger partial charge in [-0.25, -0.2) is 13.2 Å². The number of urea groups is 1. The highest BCUT2D eigenvalue weighted by Gasteiger charge is 2.20. The van der Waals surface area contributed by atoms with Gasteiger partial charge < -0.3 is 0 Å². The van der Waals surface area contributed by atoms with Crippen molar-refractivity contribution in [1.29, 1.82) is 0 Å². The molecule has 1 aliphatic rings. The van der Waals surface area contributed by atoms with Gasteiger partial charge in [0, 0.05) is 0 Å². The lowest BCUT2D eigenvalue weighted by Gasteiger charge is -2.13. The third kappa shape index (κ3) is 2.87. The molecule has 0 radical (unpaired) electrons. The van der Waals surface area contributed by atoms with E-state index in [4.69, 9.17) is 0 Å². The van der Waals surface area contributed by atoms with Crippen molar-refractivity contribution >= 4 is 21.7 Å². The standard InChI is InChI=1S/C16H15N3O3S/c1-9-6-10(2)15(11(3)7-9)23(21,22)19-12-4-5-13-14(8-12)18-16(20)17-13/h4-8,19H,1-3H3. The van der Waals surface area contributed by atoms with Crippen LogP contribution in [0.2, 0.25) is 0 Å². The molecule has 0 bridgehead atoms. The van der Waals surface area contributed by atoms with Crippen molar-refractivity contribution in [2.45, 2.75) is 25.7 Å². The maximum Gasteiger partial charge on any atom is 0.368 e. The summed E-state index contributed by atoms with van der Waals surface area (Å²) in [5.41, 5.74) is 2.73.